The third-order valence-corrected chi connectivity index (χ3v) is 3.04. The SMILES string of the molecule is CC1(C)CNC2CCCC(F)(F)C2O1. The Kier molecular flexibility index (Phi) is 2.31. The Bertz CT molecular complexity index is 230. The highest BCUT2D eigenvalue weighted by molar-refractivity contribution is 4.98. The quantitative estimate of drug-likeness (QED) is 0.652. The van der Waals surface area contributed by atoms with Crippen LogP contribution >= 0.6 is 0 Å². The molecule has 2 unspecified atom stereocenters. The number of hydrogen-bond acceptors (Lipinski definition) is 2. The number of hydrogen-bond donors (Lipinski definition) is 1. The van der Waals surface area contributed by atoms with Crippen molar-refractivity contribution in [3.8, 4) is 0 Å². The predicted molar refractivity (Wildman–Crippen MR) is 49.5 cm³/mol. The zero-order chi connectivity index (χ0) is 10.4. The van der Waals surface area contributed by atoms with Crippen molar-refractivity contribution in [1.82, 2.24) is 5.32 Å². The second-order valence-corrected chi connectivity index (χ2v) is 4.94. The van der Waals surface area contributed by atoms with Gasteiger partial charge in [0.05, 0.1) is 5.60 Å². The van der Waals surface area contributed by atoms with Crippen LogP contribution in [-0.2, 0) is 4.74 Å². The minimum absolute atomic E-state index is 0.0358. The molecule has 2 aliphatic rings. The van der Waals surface area contributed by atoms with Gasteiger partial charge in [-0.2, -0.15) is 0 Å². The molecule has 2 fully saturated rings. The first-order valence-electron chi connectivity index (χ1n) is 5.20. The first-order valence-corrected chi connectivity index (χ1v) is 5.20. The fourth-order valence-corrected chi connectivity index (χ4v) is 2.29. The lowest BCUT2D eigenvalue weighted by Crippen LogP contribution is -2.63. The molecule has 4 heteroatoms. The van der Waals surface area contributed by atoms with Crippen molar-refractivity contribution < 1.29 is 13.5 Å². The first-order chi connectivity index (χ1) is 6.41. The van der Waals surface area contributed by atoms with E-state index in [0.717, 1.165) is 6.42 Å². The number of nitrogens with one attached hydrogen (secondary N) is 1. The van der Waals surface area contributed by atoms with Gasteiger partial charge in [0, 0.05) is 19.0 Å². The van der Waals surface area contributed by atoms with E-state index in [4.69, 9.17) is 4.74 Å². The Morgan fingerprint density at radius 2 is 2.07 bits per heavy atom. The molecule has 0 spiro atoms. The third-order valence-electron chi connectivity index (χ3n) is 3.04. The molecule has 2 nitrogen and oxygen atoms in total. The number of alkyl halides is 2. The molecule has 0 aromatic rings. The van der Waals surface area contributed by atoms with Gasteiger partial charge in [-0.3, -0.25) is 0 Å². The molecular weight excluding hydrogens is 188 g/mol. The lowest BCUT2D eigenvalue weighted by atomic mass is 9.86. The van der Waals surface area contributed by atoms with E-state index < -0.39 is 17.6 Å². The molecule has 0 aromatic carbocycles. The van der Waals surface area contributed by atoms with Crippen LogP contribution in [0.3, 0.4) is 0 Å². The molecule has 1 saturated heterocycles. The van der Waals surface area contributed by atoms with Crippen molar-refractivity contribution in [3.05, 3.63) is 0 Å². The van der Waals surface area contributed by atoms with Gasteiger partial charge in [-0.15, -0.1) is 0 Å². The zero-order valence-electron chi connectivity index (χ0n) is 8.65. The van der Waals surface area contributed by atoms with E-state index in [9.17, 15) is 8.78 Å². The molecule has 1 aliphatic heterocycles. The number of ether oxygens (including phenoxy) is 1. The standard InChI is InChI=1S/C10H17F2NO/c1-9(2)6-13-7-4-3-5-10(11,12)8(7)14-9/h7-8,13H,3-6H2,1-2H3. The number of halogens is 2. The van der Waals surface area contributed by atoms with Crippen LogP contribution < -0.4 is 5.32 Å². The molecule has 0 amide bonds. The van der Waals surface area contributed by atoms with Crippen molar-refractivity contribution in [2.75, 3.05) is 6.54 Å². The molecule has 1 saturated carbocycles. The van der Waals surface area contributed by atoms with Crippen LogP contribution in [0.2, 0.25) is 0 Å². The summed E-state index contributed by atoms with van der Waals surface area (Å²) in [5, 5.41) is 3.16. The Balaban J connectivity index is 2.14. The topological polar surface area (TPSA) is 21.3 Å². The average Bonchev–Trinajstić information content (AvgIpc) is 2.05. The Labute approximate surface area is 83.0 Å². The minimum Gasteiger partial charge on any atom is -0.363 e. The van der Waals surface area contributed by atoms with Gasteiger partial charge in [0.25, 0.3) is 5.92 Å². The van der Waals surface area contributed by atoms with Crippen molar-refractivity contribution in [1.29, 1.82) is 0 Å². The normalized spacial score (nSPS) is 40.3. The van der Waals surface area contributed by atoms with Crippen LogP contribution in [0.5, 0.6) is 0 Å². The monoisotopic (exact) mass is 205 g/mol. The Hall–Kier alpha value is -0.220. The van der Waals surface area contributed by atoms with Crippen LogP contribution in [0.4, 0.5) is 8.78 Å². The van der Waals surface area contributed by atoms with E-state index in [2.05, 4.69) is 5.32 Å². The molecule has 0 radical (unpaired) electrons. The highest BCUT2D eigenvalue weighted by atomic mass is 19.3. The van der Waals surface area contributed by atoms with Crippen LogP contribution in [0, 0.1) is 0 Å². The van der Waals surface area contributed by atoms with Crippen molar-refractivity contribution >= 4 is 0 Å². The van der Waals surface area contributed by atoms with Crippen molar-refractivity contribution in [2.45, 2.75) is 56.8 Å². The van der Waals surface area contributed by atoms with E-state index in [1.807, 2.05) is 13.8 Å². The van der Waals surface area contributed by atoms with Gasteiger partial charge in [-0.1, -0.05) is 0 Å². The molecule has 1 heterocycles. The van der Waals surface area contributed by atoms with Gasteiger partial charge in [0.2, 0.25) is 0 Å². The highest BCUT2D eigenvalue weighted by Crippen LogP contribution is 2.39. The third kappa shape index (κ3) is 1.77. The fraction of sp³-hybridized carbons (Fsp3) is 1.00. The van der Waals surface area contributed by atoms with Gasteiger partial charge >= 0.3 is 0 Å². The van der Waals surface area contributed by atoms with Gasteiger partial charge in [0.15, 0.2) is 0 Å². The molecule has 2 rings (SSSR count). The summed E-state index contributed by atoms with van der Waals surface area (Å²) in [5.41, 5.74) is -0.470. The van der Waals surface area contributed by atoms with Gasteiger partial charge in [-0.25, -0.2) is 8.78 Å². The maximum Gasteiger partial charge on any atom is 0.275 e. The molecule has 0 bridgehead atoms. The van der Waals surface area contributed by atoms with Crippen molar-refractivity contribution in [3.63, 3.8) is 0 Å². The van der Waals surface area contributed by atoms with Gasteiger partial charge in [-0.05, 0) is 26.7 Å². The summed E-state index contributed by atoms with van der Waals surface area (Å²) in [6.45, 7) is 4.35. The summed E-state index contributed by atoms with van der Waals surface area (Å²) in [5.74, 6) is -2.66. The van der Waals surface area contributed by atoms with E-state index in [1.54, 1.807) is 0 Å². The molecule has 1 N–H and O–H groups in total. The minimum atomic E-state index is -2.66. The lowest BCUT2D eigenvalue weighted by Gasteiger charge is -2.47. The summed E-state index contributed by atoms with van der Waals surface area (Å²) < 4.78 is 32.5. The summed E-state index contributed by atoms with van der Waals surface area (Å²) in [6.07, 6.45) is 0.424. The summed E-state index contributed by atoms with van der Waals surface area (Å²) >= 11 is 0. The number of rotatable bonds is 0. The van der Waals surface area contributed by atoms with E-state index in [-0.39, 0.29) is 12.5 Å². The summed E-state index contributed by atoms with van der Waals surface area (Å²) in [7, 11) is 0. The summed E-state index contributed by atoms with van der Waals surface area (Å²) in [6, 6.07) is -0.160. The molecule has 2 atom stereocenters. The Morgan fingerprint density at radius 3 is 2.79 bits per heavy atom. The molecule has 82 valence electrons. The van der Waals surface area contributed by atoms with E-state index >= 15 is 0 Å². The highest BCUT2D eigenvalue weighted by Gasteiger charge is 2.52. The maximum absolute atomic E-state index is 13.5. The molecule has 1 aliphatic carbocycles. The van der Waals surface area contributed by atoms with Crippen LogP contribution in [-0.4, -0.2) is 30.2 Å². The smallest absolute Gasteiger partial charge is 0.275 e. The van der Waals surface area contributed by atoms with E-state index in [0.29, 0.717) is 13.0 Å². The predicted octanol–water partition coefficient (Wildman–Crippen LogP) is 1.94. The van der Waals surface area contributed by atoms with Crippen LogP contribution in [0.25, 0.3) is 0 Å². The van der Waals surface area contributed by atoms with E-state index in [1.165, 1.54) is 0 Å². The number of fused-ring (bicyclic) bond motifs is 1. The first kappa shape index (κ1) is 10.3. The number of morpholine rings is 1. The lowest BCUT2D eigenvalue weighted by molar-refractivity contribution is -0.228. The largest absolute Gasteiger partial charge is 0.363 e. The van der Waals surface area contributed by atoms with Gasteiger partial charge < -0.3 is 10.1 Å². The maximum atomic E-state index is 13.5. The van der Waals surface area contributed by atoms with Crippen LogP contribution in [0.1, 0.15) is 33.1 Å². The second kappa shape index (κ2) is 3.14. The second-order valence-electron chi connectivity index (χ2n) is 4.94. The fourth-order valence-electron chi connectivity index (χ4n) is 2.29. The van der Waals surface area contributed by atoms with Crippen LogP contribution in [0.15, 0.2) is 0 Å². The average molecular weight is 205 g/mol. The Morgan fingerprint density at radius 1 is 1.36 bits per heavy atom. The zero-order valence-corrected chi connectivity index (χ0v) is 8.65. The van der Waals surface area contributed by atoms with Crippen molar-refractivity contribution in [2.24, 2.45) is 0 Å². The van der Waals surface area contributed by atoms with Gasteiger partial charge in [0.1, 0.15) is 6.10 Å². The molecule has 14 heavy (non-hydrogen) atoms. The molecule has 0 aromatic heterocycles. The molecular formula is C10H17F2NO. The summed E-state index contributed by atoms with van der Waals surface area (Å²) in [4.78, 5) is 0.